The Morgan fingerprint density at radius 1 is 1.22 bits per heavy atom. The summed E-state index contributed by atoms with van der Waals surface area (Å²) in [7, 11) is 0. The molecule has 0 radical (unpaired) electrons. The molecule has 6 heteroatoms. The molecule has 0 aliphatic carbocycles. The fourth-order valence-electron chi connectivity index (χ4n) is 2.09. The van der Waals surface area contributed by atoms with Crippen LogP contribution < -0.4 is 5.32 Å². The van der Waals surface area contributed by atoms with Gasteiger partial charge in [0.05, 0.1) is 16.3 Å². The number of anilines is 1. The Morgan fingerprint density at radius 3 is 2.57 bits per heavy atom. The number of halogens is 2. The molecule has 0 atom stereocenters. The summed E-state index contributed by atoms with van der Waals surface area (Å²) >= 11 is 3.55. The van der Waals surface area contributed by atoms with E-state index in [0.717, 1.165) is 16.3 Å². The molecule has 0 unspecified atom stereocenters. The molecule has 1 N–H and O–H groups in total. The van der Waals surface area contributed by atoms with Crippen LogP contribution in [-0.2, 0) is 0 Å². The number of carbonyl (C=O) groups is 1. The number of aromatic nitrogens is 1. The van der Waals surface area contributed by atoms with Crippen LogP contribution in [0.25, 0.3) is 11.3 Å². The van der Waals surface area contributed by atoms with Gasteiger partial charge < -0.3 is 5.32 Å². The van der Waals surface area contributed by atoms with Crippen LogP contribution in [0.3, 0.4) is 0 Å². The Balaban J connectivity index is 1.76. The first kappa shape index (κ1) is 16.1. The summed E-state index contributed by atoms with van der Waals surface area (Å²) in [6.07, 6.45) is 0. The van der Waals surface area contributed by atoms with Gasteiger partial charge in [0.2, 0.25) is 0 Å². The first-order valence-corrected chi connectivity index (χ1v) is 8.78. The van der Waals surface area contributed by atoms with Crippen LogP contribution in [0.15, 0.2) is 47.8 Å². The summed E-state index contributed by atoms with van der Waals surface area (Å²) in [5.74, 6) is -0.611. The van der Waals surface area contributed by atoms with E-state index in [0.29, 0.717) is 14.8 Å². The molecule has 3 rings (SSSR count). The zero-order chi connectivity index (χ0) is 16.4. The van der Waals surface area contributed by atoms with Crippen molar-refractivity contribution in [2.75, 3.05) is 5.32 Å². The number of nitrogens with one attached hydrogen (secondary N) is 1. The van der Waals surface area contributed by atoms with Gasteiger partial charge in [0.15, 0.2) is 0 Å². The normalized spacial score (nSPS) is 10.6. The predicted octanol–water partition coefficient (Wildman–Crippen LogP) is 5.11. The molecule has 0 spiro atoms. The second-order valence-corrected chi connectivity index (χ2v) is 7.13. The van der Waals surface area contributed by atoms with E-state index in [1.807, 2.05) is 59.2 Å². The SMILES string of the molecule is Cc1nc(-c2ccc(NC(=O)c3ccc(F)cc3I)cc2)cs1. The highest BCUT2D eigenvalue weighted by Gasteiger charge is 2.11. The van der Waals surface area contributed by atoms with E-state index in [-0.39, 0.29) is 11.7 Å². The quantitative estimate of drug-likeness (QED) is 0.578. The minimum atomic E-state index is -0.353. The molecule has 0 bridgehead atoms. The maximum Gasteiger partial charge on any atom is 0.256 e. The van der Waals surface area contributed by atoms with Crippen molar-refractivity contribution in [2.45, 2.75) is 6.92 Å². The van der Waals surface area contributed by atoms with E-state index in [4.69, 9.17) is 0 Å². The highest BCUT2D eigenvalue weighted by molar-refractivity contribution is 14.1. The van der Waals surface area contributed by atoms with Crippen LogP contribution in [0, 0.1) is 16.3 Å². The highest BCUT2D eigenvalue weighted by Crippen LogP contribution is 2.23. The van der Waals surface area contributed by atoms with E-state index in [1.54, 1.807) is 11.3 Å². The molecule has 0 fully saturated rings. The lowest BCUT2D eigenvalue weighted by Crippen LogP contribution is -2.13. The zero-order valence-corrected chi connectivity index (χ0v) is 15.1. The van der Waals surface area contributed by atoms with Crippen LogP contribution in [0.5, 0.6) is 0 Å². The first-order valence-electron chi connectivity index (χ1n) is 6.82. The van der Waals surface area contributed by atoms with Gasteiger partial charge in [-0.15, -0.1) is 11.3 Å². The molecular weight excluding hydrogens is 426 g/mol. The number of rotatable bonds is 3. The number of benzene rings is 2. The van der Waals surface area contributed by atoms with Crippen LogP contribution in [0.2, 0.25) is 0 Å². The Morgan fingerprint density at radius 2 is 1.96 bits per heavy atom. The van der Waals surface area contributed by atoms with Gasteiger partial charge in [-0.1, -0.05) is 12.1 Å². The average Bonchev–Trinajstić information content (AvgIpc) is 2.94. The fraction of sp³-hybridized carbons (Fsp3) is 0.0588. The van der Waals surface area contributed by atoms with Gasteiger partial charge in [-0.25, -0.2) is 9.37 Å². The Labute approximate surface area is 150 Å². The molecule has 3 aromatic rings. The summed E-state index contributed by atoms with van der Waals surface area (Å²) in [5, 5.41) is 5.84. The smallest absolute Gasteiger partial charge is 0.256 e. The third-order valence-electron chi connectivity index (χ3n) is 3.23. The number of aryl methyl sites for hydroxylation is 1. The van der Waals surface area contributed by atoms with Gasteiger partial charge in [0.1, 0.15) is 5.82 Å². The molecule has 3 nitrogen and oxygen atoms in total. The third kappa shape index (κ3) is 3.76. The third-order valence-corrected chi connectivity index (χ3v) is 4.90. The molecular formula is C17H12FIN2OS. The Kier molecular flexibility index (Phi) is 4.72. The lowest BCUT2D eigenvalue weighted by atomic mass is 10.1. The monoisotopic (exact) mass is 438 g/mol. The van der Waals surface area contributed by atoms with Gasteiger partial charge >= 0.3 is 0 Å². The largest absolute Gasteiger partial charge is 0.322 e. The summed E-state index contributed by atoms with van der Waals surface area (Å²) in [6, 6.07) is 11.6. The molecule has 0 saturated heterocycles. The molecule has 1 amide bonds. The van der Waals surface area contributed by atoms with Crippen molar-refractivity contribution < 1.29 is 9.18 Å². The maximum absolute atomic E-state index is 13.1. The lowest BCUT2D eigenvalue weighted by molar-refractivity contribution is 0.102. The number of amides is 1. The second kappa shape index (κ2) is 6.76. The predicted molar refractivity (Wildman–Crippen MR) is 99.4 cm³/mol. The molecule has 23 heavy (non-hydrogen) atoms. The number of hydrogen-bond donors (Lipinski definition) is 1. The number of carbonyl (C=O) groups excluding carboxylic acids is 1. The zero-order valence-electron chi connectivity index (χ0n) is 12.1. The van der Waals surface area contributed by atoms with Crippen molar-refractivity contribution in [1.29, 1.82) is 0 Å². The van der Waals surface area contributed by atoms with Crippen molar-refractivity contribution in [3.8, 4) is 11.3 Å². The molecule has 0 aliphatic heterocycles. The van der Waals surface area contributed by atoms with Gasteiger partial charge in [0, 0.05) is 20.2 Å². The second-order valence-electron chi connectivity index (χ2n) is 4.91. The number of hydrogen-bond acceptors (Lipinski definition) is 3. The Hall–Kier alpha value is -1.80. The van der Waals surface area contributed by atoms with E-state index < -0.39 is 0 Å². The van der Waals surface area contributed by atoms with E-state index in [9.17, 15) is 9.18 Å². The number of thiazole rings is 1. The van der Waals surface area contributed by atoms with E-state index >= 15 is 0 Å². The van der Waals surface area contributed by atoms with Crippen LogP contribution in [0.4, 0.5) is 10.1 Å². The molecule has 2 aromatic carbocycles. The average molecular weight is 438 g/mol. The van der Waals surface area contributed by atoms with Crippen LogP contribution >= 0.6 is 33.9 Å². The van der Waals surface area contributed by atoms with Gasteiger partial charge in [0.25, 0.3) is 5.91 Å². The summed E-state index contributed by atoms with van der Waals surface area (Å²) in [4.78, 5) is 16.7. The van der Waals surface area contributed by atoms with Gasteiger partial charge in [-0.05, 0) is 59.8 Å². The van der Waals surface area contributed by atoms with Gasteiger partial charge in [-0.3, -0.25) is 4.79 Å². The van der Waals surface area contributed by atoms with Crippen molar-refractivity contribution in [3.05, 3.63) is 67.8 Å². The standard InChI is InChI=1S/C17H12FIN2OS/c1-10-20-16(9-23-10)11-2-5-13(6-3-11)21-17(22)14-7-4-12(18)8-15(14)19/h2-9H,1H3,(H,21,22). The summed E-state index contributed by atoms with van der Waals surface area (Å²) in [5.41, 5.74) is 3.07. The van der Waals surface area contributed by atoms with Crippen LogP contribution in [0.1, 0.15) is 15.4 Å². The molecule has 0 saturated carbocycles. The first-order chi connectivity index (χ1) is 11.0. The van der Waals surface area contributed by atoms with Crippen molar-refractivity contribution in [3.63, 3.8) is 0 Å². The fourth-order valence-corrected chi connectivity index (χ4v) is 3.44. The molecule has 1 aromatic heterocycles. The minimum absolute atomic E-state index is 0.258. The topological polar surface area (TPSA) is 42.0 Å². The molecule has 116 valence electrons. The summed E-state index contributed by atoms with van der Waals surface area (Å²) in [6.45, 7) is 1.97. The molecule has 1 heterocycles. The summed E-state index contributed by atoms with van der Waals surface area (Å²) < 4.78 is 13.7. The van der Waals surface area contributed by atoms with Crippen LogP contribution in [-0.4, -0.2) is 10.9 Å². The van der Waals surface area contributed by atoms with Crippen molar-refractivity contribution in [1.82, 2.24) is 4.98 Å². The van der Waals surface area contributed by atoms with E-state index in [2.05, 4.69) is 10.3 Å². The Bertz CT molecular complexity index is 861. The number of nitrogens with zero attached hydrogens (tertiary/aromatic N) is 1. The molecule has 0 aliphatic rings. The maximum atomic E-state index is 13.1. The van der Waals surface area contributed by atoms with Crippen molar-refractivity contribution in [2.24, 2.45) is 0 Å². The minimum Gasteiger partial charge on any atom is -0.322 e. The van der Waals surface area contributed by atoms with Gasteiger partial charge in [-0.2, -0.15) is 0 Å². The lowest BCUT2D eigenvalue weighted by Gasteiger charge is -2.07. The van der Waals surface area contributed by atoms with E-state index in [1.165, 1.54) is 18.2 Å². The highest BCUT2D eigenvalue weighted by atomic mass is 127. The van der Waals surface area contributed by atoms with Crippen molar-refractivity contribution >= 4 is 45.5 Å².